The second kappa shape index (κ2) is 25.1. The molecule has 0 amide bonds. The number of aryl methyl sites for hydroxylation is 14. The van der Waals surface area contributed by atoms with E-state index in [0.717, 1.165) is 99.6 Å². The van der Waals surface area contributed by atoms with Crippen LogP contribution in [0.3, 0.4) is 0 Å². The number of hydrogen-bond acceptors (Lipinski definition) is 20. The Morgan fingerprint density at radius 3 is 1.01 bits per heavy atom. The second-order valence-corrected chi connectivity index (χ2v) is 21.8. The van der Waals surface area contributed by atoms with Crippen LogP contribution >= 0.6 is 23.5 Å². The number of benzene rings is 6. The van der Waals surface area contributed by atoms with E-state index < -0.39 is 0 Å². The molecule has 0 aliphatic heterocycles. The number of aromatic nitrogens is 15. The van der Waals surface area contributed by atoms with Crippen LogP contribution in [0.2, 0.25) is 0 Å². The maximum absolute atomic E-state index is 4.63. The molecule has 0 aliphatic carbocycles. The van der Waals surface area contributed by atoms with Gasteiger partial charge in [-0.25, -0.2) is 13.9 Å². The first-order valence-electron chi connectivity index (χ1n) is 24.2. The smallest absolute Gasteiger partial charge is 0.156 e. The minimum atomic E-state index is 0.110. The first-order valence-corrected chi connectivity index (χ1v) is 28.7. The van der Waals surface area contributed by atoms with Crippen LogP contribution in [0.15, 0.2) is 92.9 Å². The van der Waals surface area contributed by atoms with Gasteiger partial charge in [0.05, 0.1) is 29.2 Å². The summed E-state index contributed by atoms with van der Waals surface area (Å²) in [7, 11) is 0. The Kier molecular flexibility index (Phi) is 18.2. The van der Waals surface area contributed by atoms with E-state index >= 15 is 0 Å². The molecular weight excluding hydrogens is 1140 g/mol. The molecule has 392 valence electrons. The van der Waals surface area contributed by atoms with Gasteiger partial charge in [0.2, 0.25) is 0 Å². The summed E-state index contributed by atoms with van der Waals surface area (Å²) in [6, 6.07) is 24.7. The first kappa shape index (κ1) is 55.8. The van der Waals surface area contributed by atoms with Gasteiger partial charge >= 0.3 is 142 Å². The van der Waals surface area contributed by atoms with Crippen LogP contribution in [-0.4, -0.2) is 99.3 Å². The van der Waals surface area contributed by atoms with Crippen LogP contribution in [0.1, 0.15) is 78.0 Å². The summed E-state index contributed by atoms with van der Waals surface area (Å²) in [5.74, 6) is 0. The van der Waals surface area contributed by atoms with Crippen molar-refractivity contribution in [3.05, 3.63) is 157 Å². The van der Waals surface area contributed by atoms with E-state index in [2.05, 4.69) is 187 Å². The molecule has 0 unspecified atom stereocenters. The molecule has 0 fully saturated rings. The topological polar surface area (TPSA) is 233 Å². The molecule has 0 atom stereocenters. The van der Waals surface area contributed by atoms with Crippen molar-refractivity contribution in [2.24, 2.45) is 0 Å². The van der Waals surface area contributed by atoms with Crippen LogP contribution in [-0.2, 0) is 0 Å². The van der Waals surface area contributed by atoms with E-state index in [4.69, 9.17) is 0 Å². The number of hydrogen-bond donors (Lipinski definition) is 0. The summed E-state index contributed by atoms with van der Waals surface area (Å²) in [6.45, 7) is 28.6. The number of pyridine rings is 1. The molecule has 0 spiro atoms. The molecule has 0 N–H and O–H groups in total. The molecule has 0 radical (unpaired) electrons. The summed E-state index contributed by atoms with van der Waals surface area (Å²) < 4.78 is 47.8. The van der Waals surface area contributed by atoms with Crippen molar-refractivity contribution < 1.29 is 13.9 Å². The quantitative estimate of drug-likeness (QED) is 0.128. The fraction of sp³-hybridized carbons (Fsp3) is 0.255. The average Bonchev–Trinajstić information content (AvgIpc) is 4.26. The molecule has 14 aromatic rings. The molecule has 6 aromatic carbocycles. The van der Waals surface area contributed by atoms with Crippen LogP contribution in [0.25, 0.3) is 77.2 Å². The zero-order chi connectivity index (χ0) is 54.9. The third-order valence-electron chi connectivity index (χ3n) is 12.7. The number of fused-ring (bicyclic) bond motifs is 7. The predicted octanol–water partition coefficient (Wildman–Crippen LogP) is 12.1. The molecule has 0 aliphatic rings. The summed E-state index contributed by atoms with van der Waals surface area (Å²) in [4.78, 5) is 4.12. The summed E-state index contributed by atoms with van der Waals surface area (Å²) >= 11 is 2.78. The molecule has 14 rings (SSSR count). The van der Waals surface area contributed by atoms with Gasteiger partial charge < -0.3 is 0 Å². The van der Waals surface area contributed by atoms with Crippen LogP contribution < -0.4 is 0 Å². The van der Waals surface area contributed by atoms with Gasteiger partial charge in [-0.1, -0.05) is 24.3 Å². The second-order valence-electron chi connectivity index (χ2n) is 18.5. The Labute approximate surface area is 464 Å². The molecular formula is C55H55N15O3S2Se2. The SMILES string of the molecule is Cc1cc2n[se]nc2cc1C.Cc1cc2nonc2cc1C.Cc1cc2nsnc2cc1C.Cc1ccc(C)c2n[se]nc12.Cc1ccc(C)c2nonc12.Cc1ccc(C)c2nsnc12.Cc1cnc(C)c2nonc12. The van der Waals surface area contributed by atoms with Crippen molar-refractivity contribution in [1.29, 1.82) is 0 Å². The Morgan fingerprint density at radius 1 is 0.286 bits per heavy atom. The van der Waals surface area contributed by atoms with Gasteiger partial charge in [0.1, 0.15) is 49.7 Å². The maximum atomic E-state index is 4.63. The van der Waals surface area contributed by atoms with E-state index in [1.165, 1.54) is 79.1 Å². The fourth-order valence-corrected chi connectivity index (χ4v) is 11.1. The third kappa shape index (κ3) is 13.4. The van der Waals surface area contributed by atoms with Gasteiger partial charge in [0, 0.05) is 6.20 Å². The largest absolute Gasteiger partial charge is 0.259 e. The van der Waals surface area contributed by atoms with Gasteiger partial charge in [0.15, 0.2) is 5.52 Å². The molecule has 0 saturated carbocycles. The summed E-state index contributed by atoms with van der Waals surface area (Å²) in [6.07, 6.45) is 1.77. The van der Waals surface area contributed by atoms with Crippen LogP contribution in [0.4, 0.5) is 0 Å². The molecule has 8 aromatic heterocycles. The van der Waals surface area contributed by atoms with Crippen LogP contribution in [0.5, 0.6) is 0 Å². The fourth-order valence-electron chi connectivity index (χ4n) is 7.46. The van der Waals surface area contributed by atoms with Gasteiger partial charge in [-0.2, -0.15) is 17.5 Å². The monoisotopic (exact) mass is 1200 g/mol. The van der Waals surface area contributed by atoms with Crippen molar-refractivity contribution in [2.75, 3.05) is 0 Å². The van der Waals surface area contributed by atoms with Gasteiger partial charge in [-0.3, -0.25) is 4.98 Å². The Balaban J connectivity index is 0.000000119. The van der Waals surface area contributed by atoms with Crippen molar-refractivity contribution in [1.82, 2.24) is 69.3 Å². The van der Waals surface area contributed by atoms with Crippen molar-refractivity contribution >= 4 is 131 Å². The van der Waals surface area contributed by atoms with E-state index in [9.17, 15) is 0 Å². The zero-order valence-corrected chi connectivity index (χ0v) is 50.1. The van der Waals surface area contributed by atoms with Crippen molar-refractivity contribution in [3.63, 3.8) is 0 Å². The maximum Gasteiger partial charge on any atom is 0.156 e. The van der Waals surface area contributed by atoms with E-state index in [0.29, 0.717) is 0 Å². The molecule has 22 heteroatoms. The summed E-state index contributed by atoms with van der Waals surface area (Å²) in [5.41, 5.74) is 30.0. The van der Waals surface area contributed by atoms with E-state index in [1.807, 2.05) is 65.8 Å². The molecule has 77 heavy (non-hydrogen) atoms. The number of rotatable bonds is 0. The minimum Gasteiger partial charge on any atom is -0.259 e. The normalized spacial score (nSPS) is 10.7. The molecule has 18 nitrogen and oxygen atoms in total. The van der Waals surface area contributed by atoms with Crippen molar-refractivity contribution in [2.45, 2.75) is 96.9 Å². The Bertz CT molecular complexity index is 3540. The Hall–Kier alpha value is -7.45. The molecule has 8 heterocycles. The zero-order valence-electron chi connectivity index (χ0n) is 45.1. The average molecular weight is 1200 g/mol. The van der Waals surface area contributed by atoms with E-state index in [-0.39, 0.29) is 29.9 Å². The standard InChI is InChI=1S/2C8H8N2O.2C8H8N2S.2C8H8N2Se.C7H7N3O/c1-5-3-7-8(4-6(5)2)10-11-9-7;1-5-3-4-6(2)8-7(5)9-11-10-8;1-5-3-7-8(4-6(5)2)10-11-9-7;1-5-3-4-6(2)8-7(5)9-11-10-8;1-5-3-7-8(4-6(5)2)10-11-9-7;1-5-3-4-6(2)8-7(5)9-11-10-8;1-4-3-8-5(2)7-6(4)9-11-10-7/h6*3-4H,1-2H3;3H,1-2H3. The van der Waals surface area contributed by atoms with Gasteiger partial charge in [-0.15, -0.1) is 0 Å². The van der Waals surface area contributed by atoms with Gasteiger partial charge in [0.25, 0.3) is 0 Å². The minimum absolute atomic E-state index is 0.110. The third-order valence-corrected chi connectivity index (χ3v) is 16.1. The van der Waals surface area contributed by atoms with Crippen LogP contribution in [0, 0.1) is 96.9 Å². The Morgan fingerprint density at radius 2 is 0.597 bits per heavy atom. The van der Waals surface area contributed by atoms with E-state index in [1.54, 1.807) is 6.20 Å². The van der Waals surface area contributed by atoms with Crippen molar-refractivity contribution in [3.8, 4) is 0 Å². The van der Waals surface area contributed by atoms with Gasteiger partial charge in [-0.05, 0) is 175 Å². The molecule has 0 saturated heterocycles. The summed E-state index contributed by atoms with van der Waals surface area (Å²) in [5, 5.41) is 22.5. The number of nitrogens with zero attached hydrogens (tertiary/aromatic N) is 15. The first-order chi connectivity index (χ1) is 37.0. The predicted molar refractivity (Wildman–Crippen MR) is 307 cm³/mol. The molecule has 0 bridgehead atoms.